The van der Waals surface area contributed by atoms with Crippen LogP contribution in [0.4, 0.5) is 0 Å². The van der Waals surface area contributed by atoms with Crippen LogP contribution in [-0.4, -0.2) is 4.98 Å². The molecule has 0 unspecified atom stereocenters. The molecule has 0 spiro atoms. The number of rotatable bonds is 2. The van der Waals surface area contributed by atoms with Crippen molar-refractivity contribution in [2.45, 2.75) is 5.75 Å². The fourth-order valence-electron chi connectivity index (χ4n) is 1.11. The van der Waals surface area contributed by atoms with Gasteiger partial charge in [0.05, 0.1) is 10.6 Å². The van der Waals surface area contributed by atoms with Crippen molar-refractivity contribution in [1.29, 1.82) is 0 Å². The Labute approximate surface area is 86.9 Å². The zero-order chi connectivity index (χ0) is 9.10. The van der Waals surface area contributed by atoms with Crippen LogP contribution in [0.15, 0.2) is 36.5 Å². The molecule has 2 aromatic heterocycles. The minimum Gasteiger partial charge on any atom is -0.255 e. The number of pyridine rings is 1. The van der Waals surface area contributed by atoms with Gasteiger partial charge in [0.1, 0.15) is 0 Å². The maximum atomic E-state index is 4.28. The molecule has 2 heterocycles. The number of thiol groups is 1. The minimum absolute atomic E-state index is 0.803. The SMILES string of the molecule is SCc1ccc(-c2ccccn2)s1. The lowest BCUT2D eigenvalue weighted by Crippen LogP contribution is -1.75. The monoisotopic (exact) mass is 207 g/mol. The minimum atomic E-state index is 0.803. The van der Waals surface area contributed by atoms with E-state index in [1.54, 1.807) is 11.3 Å². The summed E-state index contributed by atoms with van der Waals surface area (Å²) in [5, 5.41) is 0. The first-order valence-electron chi connectivity index (χ1n) is 4.01. The molecule has 13 heavy (non-hydrogen) atoms. The van der Waals surface area contributed by atoms with Gasteiger partial charge in [-0.25, -0.2) is 0 Å². The van der Waals surface area contributed by atoms with Gasteiger partial charge in [-0.2, -0.15) is 12.6 Å². The van der Waals surface area contributed by atoms with Crippen molar-refractivity contribution in [1.82, 2.24) is 4.98 Å². The van der Waals surface area contributed by atoms with E-state index >= 15 is 0 Å². The first kappa shape index (κ1) is 8.78. The van der Waals surface area contributed by atoms with Crippen LogP contribution in [0.1, 0.15) is 4.88 Å². The van der Waals surface area contributed by atoms with E-state index in [9.17, 15) is 0 Å². The van der Waals surface area contributed by atoms with E-state index < -0.39 is 0 Å². The van der Waals surface area contributed by atoms with E-state index in [0.29, 0.717) is 0 Å². The molecule has 0 bridgehead atoms. The van der Waals surface area contributed by atoms with Crippen molar-refractivity contribution in [3.63, 3.8) is 0 Å². The smallest absolute Gasteiger partial charge is 0.0801 e. The lowest BCUT2D eigenvalue weighted by molar-refractivity contribution is 1.34. The highest BCUT2D eigenvalue weighted by atomic mass is 32.1. The van der Waals surface area contributed by atoms with Gasteiger partial charge in [0.25, 0.3) is 0 Å². The zero-order valence-electron chi connectivity index (χ0n) is 6.97. The van der Waals surface area contributed by atoms with Crippen LogP contribution in [0.3, 0.4) is 0 Å². The quantitative estimate of drug-likeness (QED) is 0.746. The molecule has 0 aromatic carbocycles. The molecule has 0 radical (unpaired) electrons. The fraction of sp³-hybridized carbons (Fsp3) is 0.100. The first-order valence-corrected chi connectivity index (χ1v) is 5.46. The predicted octanol–water partition coefficient (Wildman–Crippen LogP) is 3.24. The lowest BCUT2D eigenvalue weighted by atomic mass is 10.3. The third-order valence-corrected chi connectivity index (χ3v) is 3.40. The second kappa shape index (κ2) is 3.94. The summed E-state index contributed by atoms with van der Waals surface area (Å²) in [7, 11) is 0. The van der Waals surface area contributed by atoms with Crippen molar-refractivity contribution < 1.29 is 0 Å². The number of thiophene rings is 1. The van der Waals surface area contributed by atoms with Crippen LogP contribution < -0.4 is 0 Å². The van der Waals surface area contributed by atoms with Gasteiger partial charge in [0.2, 0.25) is 0 Å². The molecule has 66 valence electrons. The van der Waals surface area contributed by atoms with E-state index in [4.69, 9.17) is 0 Å². The molecular formula is C10H9NS2. The Morgan fingerprint density at radius 3 is 2.77 bits per heavy atom. The van der Waals surface area contributed by atoms with Gasteiger partial charge in [-0.05, 0) is 24.3 Å². The van der Waals surface area contributed by atoms with Gasteiger partial charge in [-0.1, -0.05) is 6.07 Å². The second-order valence-corrected chi connectivity index (χ2v) is 4.12. The fourth-order valence-corrected chi connectivity index (χ4v) is 2.25. The van der Waals surface area contributed by atoms with Crippen LogP contribution in [-0.2, 0) is 5.75 Å². The van der Waals surface area contributed by atoms with E-state index in [-0.39, 0.29) is 0 Å². The summed E-state index contributed by atoms with van der Waals surface area (Å²) in [6.45, 7) is 0. The van der Waals surface area contributed by atoms with Gasteiger partial charge < -0.3 is 0 Å². The van der Waals surface area contributed by atoms with Crippen molar-refractivity contribution >= 4 is 24.0 Å². The van der Waals surface area contributed by atoms with Crippen LogP contribution >= 0.6 is 24.0 Å². The van der Waals surface area contributed by atoms with Crippen LogP contribution in [0.2, 0.25) is 0 Å². The molecule has 0 saturated heterocycles. The third kappa shape index (κ3) is 1.92. The number of hydrogen-bond acceptors (Lipinski definition) is 3. The summed E-state index contributed by atoms with van der Waals surface area (Å²) in [6.07, 6.45) is 1.81. The molecule has 0 aliphatic heterocycles. The number of aromatic nitrogens is 1. The van der Waals surface area contributed by atoms with Gasteiger partial charge in [-0.15, -0.1) is 11.3 Å². The Morgan fingerprint density at radius 2 is 2.15 bits per heavy atom. The summed E-state index contributed by atoms with van der Waals surface area (Å²) in [4.78, 5) is 6.78. The summed E-state index contributed by atoms with van der Waals surface area (Å²) < 4.78 is 0. The summed E-state index contributed by atoms with van der Waals surface area (Å²) in [5.74, 6) is 0.803. The van der Waals surface area contributed by atoms with E-state index in [2.05, 4.69) is 29.7 Å². The zero-order valence-corrected chi connectivity index (χ0v) is 8.68. The number of nitrogens with zero attached hydrogens (tertiary/aromatic N) is 1. The van der Waals surface area contributed by atoms with Crippen LogP contribution in [0, 0.1) is 0 Å². The first-order chi connectivity index (χ1) is 6.40. The average Bonchev–Trinajstić information content (AvgIpc) is 2.67. The topological polar surface area (TPSA) is 12.9 Å². The molecule has 0 atom stereocenters. The van der Waals surface area contributed by atoms with Gasteiger partial charge in [0, 0.05) is 16.8 Å². The van der Waals surface area contributed by atoms with Crippen molar-refractivity contribution in [3.8, 4) is 10.6 Å². The van der Waals surface area contributed by atoms with Crippen molar-refractivity contribution in [3.05, 3.63) is 41.4 Å². The van der Waals surface area contributed by atoms with Gasteiger partial charge >= 0.3 is 0 Å². The van der Waals surface area contributed by atoms with E-state index in [1.165, 1.54) is 9.75 Å². The highest BCUT2D eigenvalue weighted by molar-refractivity contribution is 7.79. The lowest BCUT2D eigenvalue weighted by Gasteiger charge is -1.93. The molecule has 0 aliphatic rings. The normalized spacial score (nSPS) is 10.2. The molecule has 0 saturated carbocycles. The highest BCUT2D eigenvalue weighted by Gasteiger charge is 2.01. The maximum absolute atomic E-state index is 4.28. The Kier molecular flexibility index (Phi) is 2.66. The third-order valence-electron chi connectivity index (χ3n) is 1.73. The highest BCUT2D eigenvalue weighted by Crippen LogP contribution is 2.26. The number of hydrogen-bond donors (Lipinski definition) is 1. The molecule has 0 fully saturated rings. The average molecular weight is 207 g/mol. The van der Waals surface area contributed by atoms with E-state index in [1.807, 2.05) is 24.4 Å². The molecule has 0 N–H and O–H groups in total. The van der Waals surface area contributed by atoms with Gasteiger partial charge in [0.15, 0.2) is 0 Å². The standard InChI is InChI=1S/C10H9NS2/c12-7-8-4-5-10(13-8)9-3-1-2-6-11-9/h1-6,12H,7H2. The molecule has 0 amide bonds. The Balaban J connectivity index is 2.36. The van der Waals surface area contributed by atoms with Crippen LogP contribution in [0.5, 0.6) is 0 Å². The summed E-state index contributed by atoms with van der Waals surface area (Å²) in [5.41, 5.74) is 1.04. The molecule has 3 heteroatoms. The molecular weight excluding hydrogens is 198 g/mol. The maximum Gasteiger partial charge on any atom is 0.0801 e. The Hall–Kier alpha value is -0.800. The van der Waals surface area contributed by atoms with Gasteiger partial charge in [-0.3, -0.25) is 4.98 Å². The Morgan fingerprint density at radius 1 is 1.23 bits per heavy atom. The Bertz CT molecular complexity index is 381. The van der Waals surface area contributed by atoms with Crippen molar-refractivity contribution in [2.24, 2.45) is 0 Å². The summed E-state index contributed by atoms with van der Waals surface area (Å²) >= 11 is 5.97. The summed E-state index contributed by atoms with van der Waals surface area (Å²) in [6, 6.07) is 10.1. The van der Waals surface area contributed by atoms with Crippen molar-refractivity contribution in [2.75, 3.05) is 0 Å². The molecule has 1 nitrogen and oxygen atoms in total. The van der Waals surface area contributed by atoms with Crippen LogP contribution in [0.25, 0.3) is 10.6 Å². The second-order valence-electron chi connectivity index (χ2n) is 2.64. The largest absolute Gasteiger partial charge is 0.255 e. The molecule has 2 rings (SSSR count). The molecule has 2 aromatic rings. The predicted molar refractivity (Wildman–Crippen MR) is 60.2 cm³/mol. The van der Waals surface area contributed by atoms with E-state index in [0.717, 1.165) is 11.4 Å². The molecule has 0 aliphatic carbocycles.